The van der Waals surface area contributed by atoms with E-state index in [1.807, 2.05) is 62.4 Å². The molecule has 0 bridgehead atoms. The summed E-state index contributed by atoms with van der Waals surface area (Å²) in [5.74, 6) is 0.613. The van der Waals surface area contributed by atoms with E-state index in [9.17, 15) is 0 Å². The van der Waals surface area contributed by atoms with Crippen LogP contribution in [-0.2, 0) is 0 Å². The molecule has 0 aliphatic carbocycles. The zero-order chi connectivity index (χ0) is 36.3. The smallest absolute Gasteiger partial charge is 0.230 e. The van der Waals surface area contributed by atoms with Crippen molar-refractivity contribution < 1.29 is 18.3 Å². The molecule has 0 aliphatic heterocycles. The van der Waals surface area contributed by atoms with Gasteiger partial charge >= 0.3 is 0 Å². The summed E-state index contributed by atoms with van der Waals surface area (Å²) in [4.78, 5) is 0. The highest BCUT2D eigenvalue weighted by Crippen LogP contribution is 2.33. The van der Waals surface area contributed by atoms with Crippen molar-refractivity contribution in [3.05, 3.63) is 155 Å². The number of nitrogens with two attached hydrogens (primary N) is 2. The van der Waals surface area contributed by atoms with Crippen molar-refractivity contribution in [2.24, 2.45) is 11.5 Å². The Morgan fingerprint density at radius 2 is 0.824 bits per heavy atom. The van der Waals surface area contributed by atoms with Crippen LogP contribution in [0.25, 0.3) is 44.5 Å². The Balaban J connectivity index is 0.00000120. The van der Waals surface area contributed by atoms with E-state index in [-0.39, 0.29) is 18.4 Å². The lowest BCUT2D eigenvalue weighted by Gasteiger charge is -2.14. The van der Waals surface area contributed by atoms with Gasteiger partial charge in [0, 0.05) is 24.2 Å². The SMILES string of the molecule is Cc1cc(-c2ccc(-c3ccc(C#N)cc3)c(F)c2)ccc1OCOc1ccc(-c2ccc(-c3ccc(C#N)cc3)c(F)c2)cc1C.NCCN. The molecular formula is C43H36F2N4O2. The van der Waals surface area contributed by atoms with Crippen molar-refractivity contribution >= 4 is 0 Å². The van der Waals surface area contributed by atoms with Crippen LogP contribution >= 0.6 is 0 Å². The van der Waals surface area contributed by atoms with E-state index in [0.29, 0.717) is 58.0 Å². The minimum atomic E-state index is -0.342. The fraction of sp³-hybridized carbons (Fsp3) is 0.116. The van der Waals surface area contributed by atoms with Gasteiger partial charge < -0.3 is 20.9 Å². The summed E-state index contributed by atoms with van der Waals surface area (Å²) in [6.07, 6.45) is 0. The van der Waals surface area contributed by atoms with Crippen LogP contribution in [0, 0.1) is 48.1 Å². The number of hydrogen-bond acceptors (Lipinski definition) is 6. The van der Waals surface area contributed by atoms with Gasteiger partial charge in [-0.3, -0.25) is 0 Å². The second kappa shape index (κ2) is 16.9. The van der Waals surface area contributed by atoms with Crippen molar-refractivity contribution in [1.29, 1.82) is 10.5 Å². The Hall–Kier alpha value is -6.32. The second-order valence-corrected chi connectivity index (χ2v) is 11.7. The van der Waals surface area contributed by atoms with Crippen LogP contribution in [0.15, 0.2) is 121 Å². The number of rotatable bonds is 9. The quantitative estimate of drug-likeness (QED) is 0.147. The molecule has 0 heterocycles. The van der Waals surface area contributed by atoms with Gasteiger partial charge in [-0.05, 0) is 119 Å². The van der Waals surface area contributed by atoms with E-state index in [0.717, 1.165) is 33.4 Å². The molecule has 6 rings (SSSR count). The highest BCUT2D eigenvalue weighted by molar-refractivity contribution is 5.73. The van der Waals surface area contributed by atoms with Gasteiger partial charge in [0.1, 0.15) is 23.1 Å². The molecule has 0 amide bonds. The lowest BCUT2D eigenvalue weighted by atomic mass is 9.98. The molecule has 4 N–H and O–H groups in total. The number of ether oxygens (including phenoxy) is 2. The molecule has 51 heavy (non-hydrogen) atoms. The predicted molar refractivity (Wildman–Crippen MR) is 198 cm³/mol. The first-order valence-corrected chi connectivity index (χ1v) is 16.2. The molecule has 6 nitrogen and oxygen atoms in total. The Morgan fingerprint density at radius 1 is 0.490 bits per heavy atom. The van der Waals surface area contributed by atoms with E-state index in [1.54, 1.807) is 60.7 Å². The first-order valence-electron chi connectivity index (χ1n) is 16.2. The third-order valence-corrected chi connectivity index (χ3v) is 8.20. The topological polar surface area (TPSA) is 118 Å². The van der Waals surface area contributed by atoms with Crippen LogP contribution in [0.4, 0.5) is 8.78 Å². The molecule has 0 spiro atoms. The van der Waals surface area contributed by atoms with E-state index < -0.39 is 0 Å². The highest BCUT2D eigenvalue weighted by Gasteiger charge is 2.12. The lowest BCUT2D eigenvalue weighted by Crippen LogP contribution is -2.11. The van der Waals surface area contributed by atoms with Crippen LogP contribution < -0.4 is 20.9 Å². The maximum absolute atomic E-state index is 15.1. The largest absolute Gasteiger partial charge is 0.457 e. The normalized spacial score (nSPS) is 10.4. The minimum Gasteiger partial charge on any atom is -0.457 e. The maximum Gasteiger partial charge on any atom is 0.230 e. The number of halogens is 2. The van der Waals surface area contributed by atoms with E-state index in [1.165, 1.54) is 12.1 Å². The van der Waals surface area contributed by atoms with Crippen molar-refractivity contribution in [2.75, 3.05) is 19.9 Å². The molecule has 0 unspecified atom stereocenters. The van der Waals surface area contributed by atoms with Crippen LogP contribution in [-0.4, -0.2) is 19.9 Å². The standard InChI is InChI=1S/C41H28F2N2O2.C2H8N2/c1-26-19-32(34-11-15-36(38(42)21-34)30-7-3-28(23-44)4-8-30)13-17-40(26)46-25-47-41-18-14-33(20-27(41)2)35-12-16-37(39(43)22-35)31-9-5-29(24-45)6-10-31;3-1-2-4/h3-22H,25H2,1-2H3;1-4H2. The minimum absolute atomic E-state index is 0.0117. The fourth-order valence-corrected chi connectivity index (χ4v) is 5.44. The molecule has 0 saturated heterocycles. The molecular weight excluding hydrogens is 642 g/mol. The Bertz CT molecular complexity index is 2060. The second-order valence-electron chi connectivity index (χ2n) is 11.7. The average Bonchev–Trinajstić information content (AvgIpc) is 3.16. The molecule has 0 radical (unpaired) electrons. The van der Waals surface area contributed by atoms with Crippen LogP contribution in [0.1, 0.15) is 22.3 Å². The van der Waals surface area contributed by atoms with Gasteiger partial charge in [0.05, 0.1) is 23.3 Å². The molecule has 0 aliphatic rings. The third-order valence-electron chi connectivity index (χ3n) is 8.20. The highest BCUT2D eigenvalue weighted by atomic mass is 19.1. The van der Waals surface area contributed by atoms with Crippen LogP contribution in [0.2, 0.25) is 0 Å². The van der Waals surface area contributed by atoms with Crippen molar-refractivity contribution in [1.82, 2.24) is 0 Å². The van der Waals surface area contributed by atoms with Gasteiger partial charge in [0.15, 0.2) is 0 Å². The van der Waals surface area contributed by atoms with Crippen LogP contribution in [0.3, 0.4) is 0 Å². The molecule has 0 saturated carbocycles. The molecule has 0 aromatic heterocycles. The molecule has 0 atom stereocenters. The summed E-state index contributed by atoms with van der Waals surface area (Å²) >= 11 is 0. The molecule has 0 fully saturated rings. The Morgan fingerprint density at radius 3 is 1.14 bits per heavy atom. The predicted octanol–water partition coefficient (Wildman–Crippen LogP) is 9.31. The van der Waals surface area contributed by atoms with Gasteiger partial charge in [-0.15, -0.1) is 0 Å². The van der Waals surface area contributed by atoms with Crippen molar-refractivity contribution in [3.8, 4) is 68.1 Å². The summed E-state index contributed by atoms with van der Waals surface area (Å²) in [6, 6.07) is 39.4. The zero-order valence-electron chi connectivity index (χ0n) is 28.3. The summed E-state index contributed by atoms with van der Waals surface area (Å²) in [7, 11) is 0. The Kier molecular flexibility index (Phi) is 11.9. The van der Waals surface area contributed by atoms with E-state index in [2.05, 4.69) is 12.1 Å². The molecule has 8 heteroatoms. The molecule has 6 aromatic rings. The maximum atomic E-state index is 15.1. The summed E-state index contributed by atoms with van der Waals surface area (Å²) in [6.45, 7) is 5.03. The molecule has 6 aromatic carbocycles. The summed E-state index contributed by atoms with van der Waals surface area (Å²) in [5.41, 5.74) is 18.2. The number of benzene rings is 6. The number of hydrogen-bond donors (Lipinski definition) is 2. The fourth-order valence-electron chi connectivity index (χ4n) is 5.44. The first kappa shape index (κ1) is 36.0. The summed E-state index contributed by atoms with van der Waals surface area (Å²) < 4.78 is 41.9. The third kappa shape index (κ3) is 8.83. The zero-order valence-corrected chi connectivity index (χ0v) is 28.3. The average molecular weight is 679 g/mol. The van der Waals surface area contributed by atoms with Crippen molar-refractivity contribution in [3.63, 3.8) is 0 Å². The van der Waals surface area contributed by atoms with Crippen molar-refractivity contribution in [2.45, 2.75) is 13.8 Å². The first-order chi connectivity index (χ1) is 24.7. The van der Waals surface area contributed by atoms with Gasteiger partial charge in [0.2, 0.25) is 6.79 Å². The monoisotopic (exact) mass is 678 g/mol. The van der Waals surface area contributed by atoms with Crippen LogP contribution in [0.5, 0.6) is 11.5 Å². The number of nitriles is 2. The number of aryl methyl sites for hydroxylation is 2. The van der Waals surface area contributed by atoms with Gasteiger partial charge in [-0.25, -0.2) is 8.78 Å². The number of nitrogens with zero attached hydrogens (tertiary/aromatic N) is 2. The summed E-state index contributed by atoms with van der Waals surface area (Å²) in [5, 5.41) is 18.0. The lowest BCUT2D eigenvalue weighted by molar-refractivity contribution is 0.118. The van der Waals surface area contributed by atoms with Gasteiger partial charge in [-0.1, -0.05) is 60.7 Å². The van der Waals surface area contributed by atoms with Gasteiger partial charge in [-0.2, -0.15) is 10.5 Å². The molecule has 254 valence electrons. The Labute approximate surface area is 296 Å². The van der Waals surface area contributed by atoms with Gasteiger partial charge in [0.25, 0.3) is 0 Å². The van der Waals surface area contributed by atoms with E-state index in [4.69, 9.17) is 31.5 Å². The van der Waals surface area contributed by atoms with E-state index >= 15 is 8.78 Å².